The molecule has 0 unspecified atom stereocenters. The fraction of sp³-hybridized carbons (Fsp3) is 0.208. The van der Waals surface area contributed by atoms with E-state index in [0.717, 1.165) is 11.8 Å². The molecule has 2 aromatic carbocycles. The first-order valence-electron chi connectivity index (χ1n) is 10.1. The molecule has 1 N–H and O–H groups in total. The zero-order valence-electron chi connectivity index (χ0n) is 18.7. The first-order chi connectivity index (χ1) is 16.4. The van der Waals surface area contributed by atoms with Gasteiger partial charge < -0.3 is 34.0 Å². The number of nitrogens with zero attached hydrogens (tertiary/aromatic N) is 1. The van der Waals surface area contributed by atoms with Gasteiger partial charge >= 0.3 is 5.97 Å². The van der Waals surface area contributed by atoms with Gasteiger partial charge in [0.25, 0.3) is 0 Å². The second-order valence-corrected chi connectivity index (χ2v) is 7.77. The molecule has 0 radical (unpaired) electrons. The Balaban J connectivity index is 1.97. The SMILES string of the molecule is CCOC(=O)C1=C(O)/C(=C\c2ccc(OCC(=O)[O-])c(OC)c2)SC1=Nc1ccc(OC)cc1. The summed E-state index contributed by atoms with van der Waals surface area (Å²) in [5, 5.41) is 21.8. The van der Waals surface area contributed by atoms with Gasteiger partial charge in [0.15, 0.2) is 11.5 Å². The van der Waals surface area contributed by atoms with Crippen LogP contribution in [0.5, 0.6) is 17.2 Å². The van der Waals surface area contributed by atoms with Gasteiger partial charge in [-0.15, -0.1) is 0 Å². The molecule has 1 heterocycles. The van der Waals surface area contributed by atoms with Crippen LogP contribution in [-0.2, 0) is 14.3 Å². The Kier molecular flexibility index (Phi) is 8.20. The number of ether oxygens (including phenoxy) is 4. The van der Waals surface area contributed by atoms with Crippen molar-refractivity contribution in [2.75, 3.05) is 27.4 Å². The second-order valence-electron chi connectivity index (χ2n) is 6.74. The highest BCUT2D eigenvalue weighted by molar-refractivity contribution is 8.18. The minimum absolute atomic E-state index is 0.0326. The maximum atomic E-state index is 12.6. The summed E-state index contributed by atoms with van der Waals surface area (Å²) < 4.78 is 20.7. The summed E-state index contributed by atoms with van der Waals surface area (Å²) in [6.07, 6.45) is 1.64. The van der Waals surface area contributed by atoms with Crippen LogP contribution in [0.2, 0.25) is 0 Å². The van der Waals surface area contributed by atoms with E-state index in [9.17, 15) is 19.8 Å². The van der Waals surface area contributed by atoms with Crippen molar-refractivity contribution in [3.63, 3.8) is 0 Å². The lowest BCUT2D eigenvalue weighted by Crippen LogP contribution is -2.29. The number of carboxylic acid groups (broad SMARTS) is 1. The predicted octanol–water partition coefficient (Wildman–Crippen LogP) is 3.03. The second kappa shape index (κ2) is 11.3. The van der Waals surface area contributed by atoms with E-state index in [0.29, 0.717) is 27.7 Å². The van der Waals surface area contributed by atoms with Crippen LogP contribution < -0.4 is 19.3 Å². The molecule has 0 fully saturated rings. The topological polar surface area (TPSA) is 127 Å². The van der Waals surface area contributed by atoms with Crippen molar-refractivity contribution >= 4 is 40.5 Å². The molecule has 178 valence electrons. The van der Waals surface area contributed by atoms with Crippen molar-refractivity contribution in [3.05, 3.63) is 64.3 Å². The zero-order valence-corrected chi connectivity index (χ0v) is 19.5. The molecule has 0 aromatic heterocycles. The number of methoxy groups -OCH3 is 2. The summed E-state index contributed by atoms with van der Waals surface area (Å²) in [6.45, 7) is 1.19. The quantitative estimate of drug-likeness (QED) is 0.534. The average Bonchev–Trinajstić information content (AvgIpc) is 3.12. The molecule has 0 amide bonds. The molecular weight excluding hydrogens is 462 g/mol. The Bertz CT molecular complexity index is 1170. The van der Waals surface area contributed by atoms with Crippen molar-refractivity contribution in [1.82, 2.24) is 0 Å². The fourth-order valence-corrected chi connectivity index (χ4v) is 3.98. The highest BCUT2D eigenvalue weighted by Gasteiger charge is 2.33. The van der Waals surface area contributed by atoms with Crippen molar-refractivity contribution in [2.24, 2.45) is 4.99 Å². The number of esters is 1. The molecule has 0 saturated carbocycles. The molecule has 1 aliphatic rings. The largest absolute Gasteiger partial charge is 0.546 e. The number of carboxylic acids is 1. The third-order valence-corrected chi connectivity index (χ3v) is 5.52. The zero-order chi connectivity index (χ0) is 24.7. The van der Waals surface area contributed by atoms with Crippen molar-refractivity contribution < 1.29 is 38.7 Å². The normalized spacial score (nSPS) is 15.5. The van der Waals surface area contributed by atoms with Gasteiger partial charge in [0.1, 0.15) is 28.7 Å². The molecule has 1 aliphatic heterocycles. The van der Waals surface area contributed by atoms with Gasteiger partial charge in [-0.2, -0.15) is 0 Å². The van der Waals surface area contributed by atoms with Gasteiger partial charge in [0.2, 0.25) is 0 Å². The molecule has 3 rings (SSSR count). The van der Waals surface area contributed by atoms with Gasteiger partial charge in [0, 0.05) is 0 Å². The summed E-state index contributed by atoms with van der Waals surface area (Å²) in [4.78, 5) is 28.1. The number of carbonyl (C=O) groups excluding carboxylic acids is 2. The number of aliphatic hydroxyl groups excluding tert-OH is 1. The Labute approximate surface area is 200 Å². The van der Waals surface area contributed by atoms with E-state index >= 15 is 0 Å². The number of hydrogen-bond donors (Lipinski definition) is 1. The van der Waals surface area contributed by atoms with E-state index in [-0.39, 0.29) is 28.7 Å². The van der Waals surface area contributed by atoms with Crippen LogP contribution in [0, 0.1) is 0 Å². The number of rotatable bonds is 9. The van der Waals surface area contributed by atoms with Crippen LogP contribution in [0.15, 0.2) is 63.7 Å². The number of carbonyl (C=O) groups is 2. The van der Waals surface area contributed by atoms with E-state index in [2.05, 4.69) is 4.99 Å². The first-order valence-corrected chi connectivity index (χ1v) is 10.9. The molecule has 2 aromatic rings. The summed E-state index contributed by atoms with van der Waals surface area (Å²) in [5.41, 5.74) is 1.14. The molecule has 0 bridgehead atoms. The van der Waals surface area contributed by atoms with Crippen molar-refractivity contribution in [3.8, 4) is 17.2 Å². The molecule has 0 atom stereocenters. The first kappa shape index (κ1) is 24.7. The lowest BCUT2D eigenvalue weighted by molar-refractivity contribution is -0.307. The van der Waals surface area contributed by atoms with Crippen LogP contribution in [0.25, 0.3) is 6.08 Å². The standard InChI is InChI=1S/C24H23NO8S/c1-4-32-24(29)21-22(28)19(34-23(21)25-15-6-8-16(30-2)9-7-15)12-14-5-10-17(18(11-14)31-3)33-13-20(26)27/h5-12,28H,4,13H2,1-3H3,(H,26,27)/p-1/b19-12+,25-23?. The average molecular weight is 485 g/mol. The van der Waals surface area contributed by atoms with Crippen LogP contribution in [-0.4, -0.2) is 49.5 Å². The van der Waals surface area contributed by atoms with E-state index < -0.39 is 18.5 Å². The Hall–Kier alpha value is -3.92. The van der Waals surface area contributed by atoms with E-state index in [4.69, 9.17) is 18.9 Å². The highest BCUT2D eigenvalue weighted by atomic mass is 32.2. The summed E-state index contributed by atoms with van der Waals surface area (Å²) in [5.74, 6) is -1.13. The lowest BCUT2D eigenvalue weighted by atomic mass is 10.1. The Morgan fingerprint density at radius 3 is 2.44 bits per heavy atom. The number of thioether (sulfide) groups is 1. The van der Waals surface area contributed by atoms with Gasteiger partial charge in [-0.05, 0) is 55.0 Å². The predicted molar refractivity (Wildman–Crippen MR) is 125 cm³/mol. The summed E-state index contributed by atoms with van der Waals surface area (Å²) in [7, 11) is 2.97. The molecule has 34 heavy (non-hydrogen) atoms. The van der Waals surface area contributed by atoms with Crippen molar-refractivity contribution in [2.45, 2.75) is 6.92 Å². The van der Waals surface area contributed by atoms with Crippen LogP contribution in [0.4, 0.5) is 5.69 Å². The van der Waals surface area contributed by atoms with Crippen LogP contribution in [0.1, 0.15) is 12.5 Å². The van der Waals surface area contributed by atoms with Gasteiger partial charge in [-0.1, -0.05) is 17.8 Å². The third kappa shape index (κ3) is 5.90. The third-order valence-electron chi connectivity index (χ3n) is 4.50. The van der Waals surface area contributed by atoms with Gasteiger partial charge in [-0.3, -0.25) is 0 Å². The number of aliphatic hydroxyl groups is 1. The molecule has 9 nitrogen and oxygen atoms in total. The number of aliphatic imine (C=N–C) groups is 1. The minimum Gasteiger partial charge on any atom is -0.546 e. The summed E-state index contributed by atoms with van der Waals surface area (Å²) in [6, 6.07) is 11.7. The van der Waals surface area contributed by atoms with Crippen LogP contribution >= 0.6 is 11.8 Å². The van der Waals surface area contributed by atoms with Crippen LogP contribution in [0.3, 0.4) is 0 Å². The highest BCUT2D eigenvalue weighted by Crippen LogP contribution is 2.41. The number of benzene rings is 2. The Morgan fingerprint density at radius 1 is 1.09 bits per heavy atom. The van der Waals surface area contributed by atoms with Crippen molar-refractivity contribution in [1.29, 1.82) is 0 Å². The molecular formula is C24H22NO8S-. The van der Waals surface area contributed by atoms with Gasteiger partial charge in [-0.25, -0.2) is 9.79 Å². The number of hydrogen-bond acceptors (Lipinski definition) is 10. The van der Waals surface area contributed by atoms with E-state index in [1.807, 2.05) is 0 Å². The maximum Gasteiger partial charge on any atom is 0.344 e. The summed E-state index contributed by atoms with van der Waals surface area (Å²) >= 11 is 1.11. The van der Waals surface area contributed by atoms with Gasteiger partial charge in [0.05, 0.1) is 37.4 Å². The lowest BCUT2D eigenvalue weighted by Gasteiger charge is -2.11. The maximum absolute atomic E-state index is 12.6. The van der Waals surface area contributed by atoms with E-state index in [1.165, 1.54) is 13.2 Å². The molecule has 0 aliphatic carbocycles. The Morgan fingerprint density at radius 2 is 1.82 bits per heavy atom. The molecule has 0 spiro atoms. The number of aliphatic carboxylic acids is 1. The molecule has 0 saturated heterocycles. The smallest absolute Gasteiger partial charge is 0.344 e. The van der Waals surface area contributed by atoms with E-state index in [1.54, 1.807) is 56.5 Å². The monoisotopic (exact) mass is 484 g/mol. The molecule has 10 heteroatoms. The fourth-order valence-electron chi connectivity index (χ4n) is 2.95. The minimum atomic E-state index is -1.36.